The number of nitrogens with zero attached hydrogens (tertiary/aromatic N) is 4. The van der Waals surface area contributed by atoms with Gasteiger partial charge in [-0.3, -0.25) is 19.7 Å². The van der Waals surface area contributed by atoms with Gasteiger partial charge in [0.05, 0.1) is 12.6 Å². The maximum absolute atomic E-state index is 12.5. The first kappa shape index (κ1) is 24.3. The monoisotopic (exact) mass is 424 g/mol. The van der Waals surface area contributed by atoms with Gasteiger partial charge in [-0.05, 0) is 30.8 Å². The molecule has 0 saturated carbocycles. The zero-order chi connectivity index (χ0) is 22.5. The topological polar surface area (TPSA) is 72.9 Å². The van der Waals surface area contributed by atoms with Gasteiger partial charge in [-0.2, -0.15) is 0 Å². The molecule has 1 heterocycles. The first-order valence-electron chi connectivity index (χ1n) is 11.0. The van der Waals surface area contributed by atoms with Crippen molar-refractivity contribution >= 4 is 11.9 Å². The normalized spacial score (nSPS) is 12.5. The molecule has 168 valence electrons. The molecule has 0 aliphatic heterocycles. The molecule has 7 heteroatoms. The quantitative estimate of drug-likeness (QED) is 0.428. The van der Waals surface area contributed by atoms with E-state index in [-0.39, 0.29) is 18.5 Å². The average Bonchev–Trinajstić information content (AvgIpc) is 2.82. The third kappa shape index (κ3) is 8.02. The Morgan fingerprint density at radius 1 is 1.06 bits per heavy atom. The van der Waals surface area contributed by atoms with Crippen LogP contribution in [0.2, 0.25) is 0 Å². The zero-order valence-electron chi connectivity index (χ0n) is 19.2. The lowest BCUT2D eigenvalue weighted by Gasteiger charge is -2.31. The van der Waals surface area contributed by atoms with E-state index < -0.39 is 0 Å². The Hall–Kier alpha value is -2.93. The molecule has 1 aromatic heterocycles. The fraction of sp³-hybridized carbons (Fsp3) is 0.458. The minimum atomic E-state index is 0.0160. The molecule has 0 radical (unpaired) electrons. The summed E-state index contributed by atoms with van der Waals surface area (Å²) < 4.78 is 0. The van der Waals surface area contributed by atoms with Gasteiger partial charge in [-0.25, -0.2) is 0 Å². The van der Waals surface area contributed by atoms with Crippen molar-refractivity contribution in [3.63, 3.8) is 0 Å². The van der Waals surface area contributed by atoms with Crippen LogP contribution in [0.15, 0.2) is 59.7 Å². The van der Waals surface area contributed by atoms with Crippen molar-refractivity contribution in [2.45, 2.75) is 26.3 Å². The highest BCUT2D eigenvalue weighted by Crippen LogP contribution is 2.19. The van der Waals surface area contributed by atoms with Gasteiger partial charge in [0.25, 0.3) is 0 Å². The molecule has 0 fully saturated rings. The number of carbonyl (C=O) groups is 1. The highest BCUT2D eigenvalue weighted by Gasteiger charge is 2.18. The molecule has 2 rings (SSSR count). The lowest BCUT2D eigenvalue weighted by atomic mass is 10.1. The van der Waals surface area contributed by atoms with Gasteiger partial charge in [0, 0.05) is 45.5 Å². The number of carbonyl (C=O) groups excluding carboxylic acids is 1. The van der Waals surface area contributed by atoms with Gasteiger partial charge < -0.3 is 15.5 Å². The molecular formula is C24H36N6O. The van der Waals surface area contributed by atoms with Gasteiger partial charge in [-0.15, -0.1) is 0 Å². The fourth-order valence-electron chi connectivity index (χ4n) is 3.46. The summed E-state index contributed by atoms with van der Waals surface area (Å²) in [5, 5.41) is 6.53. The van der Waals surface area contributed by atoms with Crippen LogP contribution in [-0.2, 0) is 11.2 Å². The number of aliphatic imine (C=N–C) groups is 1. The van der Waals surface area contributed by atoms with Crippen molar-refractivity contribution in [3.05, 3.63) is 66.0 Å². The number of pyridine rings is 1. The molecule has 2 aromatic rings. The Labute approximate surface area is 186 Å². The van der Waals surface area contributed by atoms with Crippen molar-refractivity contribution in [3.8, 4) is 0 Å². The predicted octanol–water partition coefficient (Wildman–Crippen LogP) is 2.33. The zero-order valence-corrected chi connectivity index (χ0v) is 19.2. The van der Waals surface area contributed by atoms with Gasteiger partial charge in [0.15, 0.2) is 5.96 Å². The first-order valence-corrected chi connectivity index (χ1v) is 11.0. The van der Waals surface area contributed by atoms with E-state index in [1.807, 2.05) is 31.3 Å². The van der Waals surface area contributed by atoms with E-state index in [0.29, 0.717) is 19.0 Å². The first-order chi connectivity index (χ1) is 15.1. The van der Waals surface area contributed by atoms with Crippen LogP contribution in [0, 0.1) is 0 Å². The number of aromatic nitrogens is 1. The summed E-state index contributed by atoms with van der Waals surface area (Å²) in [4.78, 5) is 25.2. The molecule has 1 amide bonds. The van der Waals surface area contributed by atoms with E-state index in [0.717, 1.165) is 25.2 Å². The third-order valence-corrected chi connectivity index (χ3v) is 5.39. The molecule has 1 aromatic carbocycles. The van der Waals surface area contributed by atoms with Crippen molar-refractivity contribution < 1.29 is 4.79 Å². The average molecular weight is 425 g/mol. The molecule has 0 spiro atoms. The summed E-state index contributed by atoms with van der Waals surface area (Å²) in [6, 6.07) is 16.5. The minimum absolute atomic E-state index is 0.0160. The Balaban J connectivity index is 1.85. The molecule has 2 N–H and O–H groups in total. The summed E-state index contributed by atoms with van der Waals surface area (Å²) >= 11 is 0. The van der Waals surface area contributed by atoms with E-state index >= 15 is 0 Å². The SMILES string of the molecule is CCN(CC)C(CNC(=NC)NCC(=O)N(C)CCc1ccccn1)c1ccccc1. The van der Waals surface area contributed by atoms with Crippen LogP contribution in [0.1, 0.15) is 31.1 Å². The molecule has 7 nitrogen and oxygen atoms in total. The molecular weight excluding hydrogens is 388 g/mol. The van der Waals surface area contributed by atoms with Crippen LogP contribution >= 0.6 is 0 Å². The standard InChI is InChI=1S/C24H36N6O/c1-5-30(6-2)22(20-12-8-7-9-13-20)18-27-24(25-3)28-19-23(31)29(4)17-15-21-14-10-11-16-26-21/h7-14,16,22H,5-6,15,17-19H2,1-4H3,(H2,25,27,28). The number of hydrogen-bond acceptors (Lipinski definition) is 4. The molecule has 31 heavy (non-hydrogen) atoms. The number of benzene rings is 1. The van der Waals surface area contributed by atoms with Crippen molar-refractivity contribution in [2.24, 2.45) is 4.99 Å². The van der Waals surface area contributed by atoms with Crippen molar-refractivity contribution in [2.75, 3.05) is 46.8 Å². The van der Waals surface area contributed by atoms with Crippen LogP contribution in [0.4, 0.5) is 0 Å². The van der Waals surface area contributed by atoms with Crippen LogP contribution in [-0.4, -0.2) is 73.5 Å². The number of hydrogen-bond donors (Lipinski definition) is 2. The molecule has 0 aliphatic carbocycles. The Kier molecular flexibility index (Phi) is 10.5. The third-order valence-electron chi connectivity index (χ3n) is 5.39. The van der Waals surface area contributed by atoms with Crippen LogP contribution in [0.3, 0.4) is 0 Å². The fourth-order valence-corrected chi connectivity index (χ4v) is 3.46. The Bertz CT molecular complexity index is 792. The second-order valence-corrected chi connectivity index (χ2v) is 7.34. The maximum Gasteiger partial charge on any atom is 0.241 e. The number of rotatable bonds is 11. The maximum atomic E-state index is 12.5. The van der Waals surface area contributed by atoms with Gasteiger partial charge in [0.2, 0.25) is 5.91 Å². The largest absolute Gasteiger partial charge is 0.354 e. The highest BCUT2D eigenvalue weighted by molar-refractivity contribution is 5.86. The van der Waals surface area contributed by atoms with Crippen LogP contribution < -0.4 is 10.6 Å². The summed E-state index contributed by atoms with van der Waals surface area (Å²) in [7, 11) is 3.54. The van der Waals surface area contributed by atoms with Crippen molar-refractivity contribution in [1.29, 1.82) is 0 Å². The lowest BCUT2D eigenvalue weighted by Crippen LogP contribution is -2.46. The number of amides is 1. The van der Waals surface area contributed by atoms with E-state index in [9.17, 15) is 4.79 Å². The Morgan fingerprint density at radius 3 is 2.39 bits per heavy atom. The van der Waals surface area contributed by atoms with E-state index in [1.165, 1.54) is 5.56 Å². The molecule has 1 unspecified atom stereocenters. The molecule has 0 bridgehead atoms. The van der Waals surface area contributed by atoms with Crippen LogP contribution in [0.25, 0.3) is 0 Å². The van der Waals surface area contributed by atoms with Gasteiger partial charge >= 0.3 is 0 Å². The van der Waals surface area contributed by atoms with Crippen molar-refractivity contribution in [1.82, 2.24) is 25.4 Å². The minimum Gasteiger partial charge on any atom is -0.354 e. The summed E-state index contributed by atoms with van der Waals surface area (Å²) in [6.07, 6.45) is 2.51. The van der Waals surface area contributed by atoms with E-state index in [1.54, 1.807) is 18.1 Å². The number of likely N-dealkylation sites (N-methyl/N-ethyl adjacent to an activating group) is 2. The highest BCUT2D eigenvalue weighted by atomic mass is 16.2. The summed E-state index contributed by atoms with van der Waals surface area (Å²) in [6.45, 7) is 7.79. The molecule has 0 aliphatic rings. The summed E-state index contributed by atoms with van der Waals surface area (Å²) in [5.41, 5.74) is 2.25. The van der Waals surface area contributed by atoms with Gasteiger partial charge in [-0.1, -0.05) is 50.2 Å². The van der Waals surface area contributed by atoms with E-state index in [2.05, 4.69) is 63.6 Å². The second-order valence-electron chi connectivity index (χ2n) is 7.34. The lowest BCUT2D eigenvalue weighted by molar-refractivity contribution is -0.128. The molecule has 0 saturated heterocycles. The van der Waals surface area contributed by atoms with E-state index in [4.69, 9.17) is 0 Å². The predicted molar refractivity (Wildman–Crippen MR) is 127 cm³/mol. The number of guanidine groups is 1. The van der Waals surface area contributed by atoms with Crippen LogP contribution in [0.5, 0.6) is 0 Å². The van der Waals surface area contributed by atoms with Gasteiger partial charge in [0.1, 0.15) is 0 Å². The Morgan fingerprint density at radius 2 is 1.77 bits per heavy atom. The smallest absolute Gasteiger partial charge is 0.241 e. The molecule has 1 atom stereocenters. The summed E-state index contributed by atoms with van der Waals surface area (Å²) in [5.74, 6) is 0.641. The number of nitrogens with one attached hydrogen (secondary N) is 2. The second kappa shape index (κ2) is 13.4.